The van der Waals surface area contributed by atoms with Crippen molar-refractivity contribution in [2.24, 2.45) is 5.92 Å². The Labute approximate surface area is 145 Å². The second-order valence-corrected chi connectivity index (χ2v) is 6.22. The zero-order chi connectivity index (χ0) is 18.0. The zero-order valence-corrected chi connectivity index (χ0v) is 13.9. The summed E-state index contributed by atoms with van der Waals surface area (Å²) in [6.07, 6.45) is 4.05. The summed E-state index contributed by atoms with van der Waals surface area (Å²) in [5.41, 5.74) is 1.18. The van der Waals surface area contributed by atoms with E-state index < -0.39 is 5.97 Å². The van der Waals surface area contributed by atoms with Gasteiger partial charge in [-0.2, -0.15) is 0 Å². The maximum atomic E-state index is 11.9. The number of allylic oxidation sites excluding steroid dienone is 1. The van der Waals surface area contributed by atoms with Gasteiger partial charge in [0, 0.05) is 12.0 Å². The third-order valence-electron chi connectivity index (χ3n) is 3.66. The monoisotopic (exact) mass is 340 g/mol. The van der Waals surface area contributed by atoms with Crippen LogP contribution in [0.3, 0.4) is 0 Å². The van der Waals surface area contributed by atoms with Crippen LogP contribution in [0.15, 0.2) is 58.2 Å². The molecule has 25 heavy (non-hydrogen) atoms. The van der Waals surface area contributed by atoms with Gasteiger partial charge in [0.25, 0.3) is 0 Å². The SMILES string of the molecule is CC(C)CC1=CC(=Cc2ccc(-c3cccc(N([O-])O)c3)o2)C(=O)O1. The number of ether oxygens (including phenoxy) is 1. The lowest BCUT2D eigenvalue weighted by atomic mass is 10.1. The number of esters is 1. The Balaban J connectivity index is 1.83. The van der Waals surface area contributed by atoms with Crippen LogP contribution in [0, 0.1) is 11.1 Å². The van der Waals surface area contributed by atoms with Gasteiger partial charge in [-0.15, -0.1) is 0 Å². The van der Waals surface area contributed by atoms with Crippen LogP contribution in [0.2, 0.25) is 0 Å². The van der Waals surface area contributed by atoms with Crippen molar-refractivity contribution < 1.29 is 19.2 Å². The number of benzene rings is 1. The molecule has 6 heteroatoms. The van der Waals surface area contributed by atoms with Crippen LogP contribution in [0.4, 0.5) is 5.69 Å². The number of hydrogen-bond acceptors (Lipinski definition) is 6. The van der Waals surface area contributed by atoms with Crippen LogP contribution in [0.5, 0.6) is 0 Å². The molecular formula is C19H18NO5-. The van der Waals surface area contributed by atoms with E-state index in [1.54, 1.807) is 36.4 Å². The van der Waals surface area contributed by atoms with Crippen molar-refractivity contribution in [1.29, 1.82) is 0 Å². The van der Waals surface area contributed by atoms with Crippen LogP contribution in [0.1, 0.15) is 26.0 Å². The highest BCUT2D eigenvalue weighted by atomic mass is 16.8. The van der Waals surface area contributed by atoms with Crippen LogP contribution >= 0.6 is 0 Å². The Morgan fingerprint density at radius 1 is 1.28 bits per heavy atom. The lowest BCUT2D eigenvalue weighted by molar-refractivity contribution is -0.133. The first-order chi connectivity index (χ1) is 11.9. The molecule has 130 valence electrons. The van der Waals surface area contributed by atoms with E-state index in [0.29, 0.717) is 40.8 Å². The van der Waals surface area contributed by atoms with Crippen molar-refractivity contribution in [3.8, 4) is 11.3 Å². The van der Waals surface area contributed by atoms with E-state index in [-0.39, 0.29) is 10.9 Å². The first-order valence-electron chi connectivity index (χ1n) is 7.93. The highest BCUT2D eigenvalue weighted by Gasteiger charge is 2.21. The molecule has 0 amide bonds. The summed E-state index contributed by atoms with van der Waals surface area (Å²) < 4.78 is 11.0. The molecule has 6 nitrogen and oxygen atoms in total. The maximum Gasteiger partial charge on any atom is 0.343 e. The topological polar surface area (TPSA) is 86.0 Å². The Kier molecular flexibility index (Phi) is 4.74. The van der Waals surface area contributed by atoms with Crippen molar-refractivity contribution in [2.45, 2.75) is 20.3 Å². The summed E-state index contributed by atoms with van der Waals surface area (Å²) in [4.78, 5) is 11.9. The van der Waals surface area contributed by atoms with Crippen LogP contribution in [0.25, 0.3) is 17.4 Å². The van der Waals surface area contributed by atoms with Gasteiger partial charge < -0.3 is 19.6 Å². The van der Waals surface area contributed by atoms with E-state index in [0.717, 1.165) is 0 Å². The molecular weight excluding hydrogens is 322 g/mol. The Bertz CT molecular complexity index is 845. The highest BCUT2D eigenvalue weighted by Crippen LogP contribution is 2.29. The number of carbonyl (C=O) groups is 1. The maximum absolute atomic E-state index is 11.9. The normalized spacial score (nSPS) is 15.6. The fourth-order valence-corrected chi connectivity index (χ4v) is 2.56. The van der Waals surface area contributed by atoms with Crippen LogP contribution < -0.4 is 5.23 Å². The summed E-state index contributed by atoms with van der Waals surface area (Å²) in [6.45, 7) is 4.11. The molecule has 0 spiro atoms. The number of anilines is 1. The number of furan rings is 1. The largest absolute Gasteiger partial charge is 0.733 e. The molecule has 0 radical (unpaired) electrons. The lowest BCUT2D eigenvalue weighted by Crippen LogP contribution is -2.06. The van der Waals surface area contributed by atoms with Crippen LogP contribution in [-0.2, 0) is 9.53 Å². The van der Waals surface area contributed by atoms with Gasteiger partial charge in [-0.05, 0) is 42.3 Å². The van der Waals surface area contributed by atoms with E-state index in [1.807, 2.05) is 0 Å². The molecule has 0 saturated heterocycles. The summed E-state index contributed by atoms with van der Waals surface area (Å²) >= 11 is 0. The molecule has 2 aromatic rings. The number of cyclic esters (lactones) is 1. The second kappa shape index (κ2) is 6.96. The molecule has 0 bridgehead atoms. The first-order valence-corrected chi connectivity index (χ1v) is 7.93. The molecule has 2 heterocycles. The average molecular weight is 340 g/mol. The molecule has 1 aliphatic heterocycles. The molecule has 1 aromatic carbocycles. The van der Waals surface area contributed by atoms with Crippen molar-refractivity contribution in [2.75, 3.05) is 5.23 Å². The predicted octanol–water partition coefficient (Wildman–Crippen LogP) is 4.51. The summed E-state index contributed by atoms with van der Waals surface area (Å²) in [5, 5.41) is 19.8. The van der Waals surface area contributed by atoms with Crippen molar-refractivity contribution in [3.63, 3.8) is 0 Å². The first kappa shape index (κ1) is 17.0. The second-order valence-electron chi connectivity index (χ2n) is 6.22. The van der Waals surface area contributed by atoms with Crippen molar-refractivity contribution >= 4 is 17.7 Å². The fraction of sp³-hybridized carbons (Fsp3) is 0.211. The Morgan fingerprint density at radius 3 is 2.80 bits per heavy atom. The average Bonchev–Trinajstić information content (AvgIpc) is 3.14. The Hall–Kier alpha value is -2.83. The van der Waals surface area contributed by atoms with Crippen molar-refractivity contribution in [1.82, 2.24) is 0 Å². The van der Waals surface area contributed by atoms with E-state index in [9.17, 15) is 10.0 Å². The van der Waals surface area contributed by atoms with Gasteiger partial charge in [0.1, 0.15) is 17.3 Å². The summed E-state index contributed by atoms with van der Waals surface area (Å²) in [5.74, 6) is 1.68. The zero-order valence-electron chi connectivity index (χ0n) is 13.9. The molecule has 0 fully saturated rings. The fourth-order valence-electron chi connectivity index (χ4n) is 2.56. The van der Waals surface area contributed by atoms with E-state index in [4.69, 9.17) is 14.4 Å². The minimum atomic E-state index is -0.391. The van der Waals surface area contributed by atoms with Gasteiger partial charge in [0.2, 0.25) is 0 Å². The number of rotatable bonds is 5. The molecule has 3 rings (SSSR count). The lowest BCUT2D eigenvalue weighted by Gasteiger charge is -2.21. The van der Waals surface area contributed by atoms with E-state index in [2.05, 4.69) is 13.8 Å². The molecule has 1 N–H and O–H groups in total. The third kappa shape index (κ3) is 3.99. The molecule has 0 aliphatic carbocycles. The van der Waals surface area contributed by atoms with E-state index >= 15 is 0 Å². The van der Waals surface area contributed by atoms with Crippen LogP contribution in [-0.4, -0.2) is 11.2 Å². The minimum Gasteiger partial charge on any atom is -0.733 e. The summed E-state index contributed by atoms with van der Waals surface area (Å²) in [6, 6.07) is 9.85. The molecule has 0 saturated carbocycles. The number of nitrogens with zero attached hydrogens (tertiary/aromatic N) is 1. The molecule has 0 atom stereocenters. The molecule has 1 aromatic heterocycles. The number of carbonyl (C=O) groups excluding carboxylic acids is 1. The predicted molar refractivity (Wildman–Crippen MR) is 93.4 cm³/mol. The highest BCUT2D eigenvalue weighted by molar-refractivity contribution is 5.99. The van der Waals surface area contributed by atoms with Crippen molar-refractivity contribution in [3.05, 3.63) is 64.8 Å². The molecule has 0 unspecified atom stereocenters. The van der Waals surface area contributed by atoms with Gasteiger partial charge in [0.15, 0.2) is 0 Å². The van der Waals surface area contributed by atoms with Gasteiger partial charge >= 0.3 is 5.97 Å². The minimum absolute atomic E-state index is 0.106. The van der Waals surface area contributed by atoms with Gasteiger partial charge in [-0.1, -0.05) is 26.0 Å². The van der Waals surface area contributed by atoms with E-state index in [1.165, 1.54) is 12.1 Å². The van der Waals surface area contributed by atoms with Gasteiger partial charge in [0.05, 0.1) is 11.3 Å². The number of hydrogen-bond donors (Lipinski definition) is 1. The van der Waals surface area contributed by atoms with Gasteiger partial charge in [-0.25, -0.2) is 4.79 Å². The smallest absolute Gasteiger partial charge is 0.343 e. The molecule has 1 aliphatic rings. The third-order valence-corrected chi connectivity index (χ3v) is 3.66. The quantitative estimate of drug-likeness (QED) is 0.489. The van der Waals surface area contributed by atoms with Gasteiger partial charge in [-0.3, -0.25) is 5.21 Å². The Morgan fingerprint density at radius 2 is 2.08 bits per heavy atom. The summed E-state index contributed by atoms with van der Waals surface area (Å²) in [7, 11) is 0. The standard InChI is InChI=1S/C19H18NO5/c1-12(2)8-17-11-14(19(21)25-17)10-16-6-7-18(24-16)13-4-3-5-15(9-13)20(22)23/h3-7,9-12,22H,8H2,1-2H3/q-1.